The summed E-state index contributed by atoms with van der Waals surface area (Å²) in [5.74, 6) is -1.04. The molecule has 4 nitrogen and oxygen atoms in total. The highest BCUT2D eigenvalue weighted by Gasteiger charge is 2.43. The summed E-state index contributed by atoms with van der Waals surface area (Å²) >= 11 is 0. The summed E-state index contributed by atoms with van der Waals surface area (Å²) in [4.78, 5) is 13.2. The summed E-state index contributed by atoms with van der Waals surface area (Å²) in [5.41, 5.74) is -0.0937. The van der Waals surface area contributed by atoms with Crippen molar-refractivity contribution < 1.29 is 19.0 Å². The van der Waals surface area contributed by atoms with Crippen LogP contribution in [0, 0.1) is 5.82 Å². The van der Waals surface area contributed by atoms with Crippen LogP contribution < -0.4 is 4.74 Å². The van der Waals surface area contributed by atoms with Crippen LogP contribution in [0.15, 0.2) is 18.2 Å². The lowest BCUT2D eigenvalue weighted by Crippen LogP contribution is -2.47. The quantitative estimate of drug-likeness (QED) is 0.909. The highest BCUT2D eigenvalue weighted by Crippen LogP contribution is 2.31. The molecule has 104 valence electrons. The predicted molar refractivity (Wildman–Crippen MR) is 68.6 cm³/mol. The van der Waals surface area contributed by atoms with Crippen LogP contribution in [-0.2, 0) is 11.3 Å². The first-order valence-corrected chi connectivity index (χ1v) is 6.28. The number of aliphatic carboxylic acids is 1. The summed E-state index contributed by atoms with van der Waals surface area (Å²) in [6, 6.07) is 4.74. The van der Waals surface area contributed by atoms with Crippen molar-refractivity contribution in [3.05, 3.63) is 29.6 Å². The first kappa shape index (κ1) is 13.8. The molecule has 1 heterocycles. The molecule has 0 saturated carbocycles. The minimum atomic E-state index is -0.851. The van der Waals surface area contributed by atoms with Crippen molar-refractivity contribution in [1.82, 2.24) is 4.90 Å². The average molecular weight is 267 g/mol. The van der Waals surface area contributed by atoms with Crippen molar-refractivity contribution >= 4 is 5.97 Å². The second-order valence-corrected chi connectivity index (χ2v) is 5.07. The number of halogens is 1. The summed E-state index contributed by atoms with van der Waals surface area (Å²) in [6.07, 6.45) is 1.47. The number of methoxy groups -OCH3 is 1. The topological polar surface area (TPSA) is 49.8 Å². The van der Waals surface area contributed by atoms with Gasteiger partial charge < -0.3 is 9.84 Å². The minimum Gasteiger partial charge on any atom is -0.494 e. The standard InChI is InChI=1S/C14H18FNO3/c1-14(13(17)18)6-3-7-16(14)9-10-4-5-12(19-2)11(15)8-10/h4-5,8H,3,6-7,9H2,1-2H3,(H,17,18). The average Bonchev–Trinajstić information content (AvgIpc) is 2.73. The summed E-state index contributed by atoms with van der Waals surface area (Å²) < 4.78 is 18.5. The fourth-order valence-electron chi connectivity index (χ4n) is 2.54. The zero-order valence-electron chi connectivity index (χ0n) is 11.1. The van der Waals surface area contributed by atoms with E-state index in [1.54, 1.807) is 19.1 Å². The Labute approximate surface area is 111 Å². The lowest BCUT2D eigenvalue weighted by Gasteiger charge is -2.31. The molecule has 19 heavy (non-hydrogen) atoms. The fraction of sp³-hybridized carbons (Fsp3) is 0.500. The first-order valence-electron chi connectivity index (χ1n) is 6.28. The Morgan fingerprint density at radius 2 is 2.32 bits per heavy atom. The number of carbonyl (C=O) groups is 1. The summed E-state index contributed by atoms with van der Waals surface area (Å²) in [6.45, 7) is 2.88. The van der Waals surface area contributed by atoms with E-state index in [-0.39, 0.29) is 5.75 Å². The first-order chi connectivity index (χ1) is 8.97. The number of benzene rings is 1. The number of likely N-dealkylation sites (tertiary alicyclic amines) is 1. The van der Waals surface area contributed by atoms with E-state index < -0.39 is 17.3 Å². The van der Waals surface area contributed by atoms with Gasteiger partial charge in [0.15, 0.2) is 11.6 Å². The monoisotopic (exact) mass is 267 g/mol. The molecule has 0 bridgehead atoms. The molecule has 0 aromatic heterocycles. The van der Waals surface area contributed by atoms with E-state index in [1.807, 2.05) is 4.90 Å². The van der Waals surface area contributed by atoms with Crippen LogP contribution in [0.3, 0.4) is 0 Å². The van der Waals surface area contributed by atoms with Crippen molar-refractivity contribution in [1.29, 1.82) is 0 Å². The van der Waals surface area contributed by atoms with Gasteiger partial charge in [0.1, 0.15) is 5.54 Å². The highest BCUT2D eigenvalue weighted by atomic mass is 19.1. The molecule has 1 fully saturated rings. The van der Waals surface area contributed by atoms with Gasteiger partial charge in [-0.25, -0.2) is 4.39 Å². The van der Waals surface area contributed by atoms with Gasteiger partial charge in [0.05, 0.1) is 7.11 Å². The maximum Gasteiger partial charge on any atom is 0.323 e. The van der Waals surface area contributed by atoms with Gasteiger partial charge in [0.25, 0.3) is 0 Å². The Morgan fingerprint density at radius 3 is 2.89 bits per heavy atom. The maximum absolute atomic E-state index is 13.6. The number of carboxylic acid groups (broad SMARTS) is 1. The van der Waals surface area contributed by atoms with Crippen LogP contribution in [-0.4, -0.2) is 35.2 Å². The van der Waals surface area contributed by atoms with Crippen LogP contribution >= 0.6 is 0 Å². The van der Waals surface area contributed by atoms with E-state index in [1.165, 1.54) is 13.2 Å². The molecule has 1 N–H and O–H groups in total. The molecule has 0 spiro atoms. The molecule has 5 heteroatoms. The van der Waals surface area contributed by atoms with Crippen LogP contribution in [0.25, 0.3) is 0 Å². The number of carboxylic acids is 1. The van der Waals surface area contributed by atoms with Gasteiger partial charge in [-0.3, -0.25) is 9.69 Å². The van der Waals surface area contributed by atoms with Crippen LogP contribution in [0.5, 0.6) is 5.75 Å². The van der Waals surface area contributed by atoms with Crippen molar-refractivity contribution in [3.63, 3.8) is 0 Å². The molecular formula is C14H18FNO3. The van der Waals surface area contributed by atoms with E-state index in [4.69, 9.17) is 4.74 Å². The predicted octanol–water partition coefficient (Wildman–Crippen LogP) is 2.27. The zero-order chi connectivity index (χ0) is 14.0. The van der Waals surface area contributed by atoms with Gasteiger partial charge in [-0.15, -0.1) is 0 Å². The van der Waals surface area contributed by atoms with E-state index in [0.717, 1.165) is 18.5 Å². The molecule has 1 atom stereocenters. The third-order valence-electron chi connectivity index (χ3n) is 3.84. The van der Waals surface area contributed by atoms with Crippen molar-refractivity contribution in [2.75, 3.05) is 13.7 Å². The number of hydrogen-bond donors (Lipinski definition) is 1. The van der Waals surface area contributed by atoms with Crippen LogP contribution in [0.1, 0.15) is 25.3 Å². The van der Waals surface area contributed by atoms with Gasteiger partial charge in [0.2, 0.25) is 0 Å². The zero-order valence-corrected chi connectivity index (χ0v) is 11.1. The normalized spacial score (nSPS) is 23.5. The Kier molecular flexibility index (Phi) is 3.75. The largest absolute Gasteiger partial charge is 0.494 e. The SMILES string of the molecule is COc1ccc(CN2CCCC2(C)C(=O)O)cc1F. The highest BCUT2D eigenvalue weighted by molar-refractivity contribution is 5.78. The maximum atomic E-state index is 13.6. The van der Waals surface area contributed by atoms with Gasteiger partial charge >= 0.3 is 5.97 Å². The van der Waals surface area contributed by atoms with E-state index >= 15 is 0 Å². The van der Waals surface area contributed by atoms with Gasteiger partial charge in [-0.2, -0.15) is 0 Å². The molecule has 0 radical (unpaired) electrons. The van der Waals surface area contributed by atoms with E-state index in [0.29, 0.717) is 13.0 Å². The molecular weight excluding hydrogens is 249 g/mol. The molecule has 1 aliphatic heterocycles. The second-order valence-electron chi connectivity index (χ2n) is 5.07. The summed E-state index contributed by atoms with van der Waals surface area (Å²) in [7, 11) is 1.42. The fourth-order valence-corrected chi connectivity index (χ4v) is 2.54. The molecule has 2 rings (SSSR count). The molecule has 0 aliphatic carbocycles. The van der Waals surface area contributed by atoms with E-state index in [2.05, 4.69) is 0 Å². The molecule has 1 unspecified atom stereocenters. The number of ether oxygens (including phenoxy) is 1. The molecule has 1 saturated heterocycles. The molecule has 1 aromatic rings. The Bertz CT molecular complexity index is 492. The van der Waals surface area contributed by atoms with Crippen molar-refractivity contribution in [2.45, 2.75) is 31.8 Å². The minimum absolute atomic E-state index is 0.200. The second kappa shape index (κ2) is 5.17. The Morgan fingerprint density at radius 1 is 1.58 bits per heavy atom. The number of rotatable bonds is 4. The molecule has 1 aliphatic rings. The molecule has 1 aromatic carbocycles. The Balaban J connectivity index is 2.17. The van der Waals surface area contributed by atoms with Gasteiger partial charge in [0, 0.05) is 6.54 Å². The van der Waals surface area contributed by atoms with Crippen molar-refractivity contribution in [2.24, 2.45) is 0 Å². The lowest BCUT2D eigenvalue weighted by atomic mass is 9.99. The lowest BCUT2D eigenvalue weighted by molar-refractivity contribution is -0.148. The van der Waals surface area contributed by atoms with Crippen LogP contribution in [0.4, 0.5) is 4.39 Å². The van der Waals surface area contributed by atoms with E-state index in [9.17, 15) is 14.3 Å². The summed E-state index contributed by atoms with van der Waals surface area (Å²) in [5, 5.41) is 9.32. The third-order valence-corrected chi connectivity index (χ3v) is 3.84. The number of hydrogen-bond acceptors (Lipinski definition) is 3. The van der Waals surface area contributed by atoms with Gasteiger partial charge in [-0.05, 0) is 44.0 Å². The van der Waals surface area contributed by atoms with Gasteiger partial charge in [-0.1, -0.05) is 6.07 Å². The van der Waals surface area contributed by atoms with Crippen molar-refractivity contribution in [3.8, 4) is 5.75 Å². The third kappa shape index (κ3) is 2.56. The van der Waals surface area contributed by atoms with Crippen LogP contribution in [0.2, 0.25) is 0 Å². The molecule has 0 amide bonds. The number of nitrogens with zero attached hydrogens (tertiary/aromatic N) is 1. The Hall–Kier alpha value is -1.62. The smallest absolute Gasteiger partial charge is 0.323 e.